The zero-order valence-electron chi connectivity index (χ0n) is 10.0. The van der Waals surface area contributed by atoms with Gasteiger partial charge in [-0.25, -0.2) is 4.98 Å². The van der Waals surface area contributed by atoms with Crippen LogP contribution < -0.4 is 5.73 Å². The van der Waals surface area contributed by atoms with E-state index in [-0.39, 0.29) is 6.04 Å². The molecule has 90 valence electrons. The van der Waals surface area contributed by atoms with E-state index in [0.29, 0.717) is 0 Å². The van der Waals surface area contributed by atoms with Crippen LogP contribution in [0.1, 0.15) is 25.7 Å². The van der Waals surface area contributed by atoms with Gasteiger partial charge in [-0.3, -0.25) is 0 Å². The zero-order valence-corrected chi connectivity index (χ0v) is 10.0. The second kappa shape index (κ2) is 4.49. The van der Waals surface area contributed by atoms with Crippen molar-refractivity contribution in [2.45, 2.75) is 38.3 Å². The minimum absolute atomic E-state index is 0.258. The second-order valence-electron chi connectivity index (χ2n) is 5.17. The molecule has 1 aromatic heterocycles. The summed E-state index contributed by atoms with van der Waals surface area (Å²) in [6.07, 6.45) is 7.17. The van der Waals surface area contributed by atoms with Crippen LogP contribution >= 0.6 is 0 Å². The fraction of sp³-hybridized carbons (Fsp3) is 0.500. The Morgan fingerprint density at radius 2 is 2.18 bits per heavy atom. The van der Waals surface area contributed by atoms with E-state index in [4.69, 9.17) is 5.73 Å². The average Bonchev–Trinajstić information content (AvgIpc) is 3.10. The van der Waals surface area contributed by atoms with Gasteiger partial charge in [0.1, 0.15) is 0 Å². The van der Waals surface area contributed by atoms with Gasteiger partial charge in [0, 0.05) is 12.6 Å². The van der Waals surface area contributed by atoms with Gasteiger partial charge >= 0.3 is 0 Å². The van der Waals surface area contributed by atoms with Gasteiger partial charge in [-0.15, -0.1) is 0 Å². The molecule has 1 saturated carbocycles. The molecule has 1 fully saturated rings. The number of nitrogens with two attached hydrogens (primary N) is 1. The zero-order chi connectivity index (χ0) is 11.7. The molecular formula is C14H19N3. The molecule has 0 bridgehead atoms. The summed E-state index contributed by atoms with van der Waals surface area (Å²) in [6, 6.07) is 8.48. The second-order valence-corrected chi connectivity index (χ2v) is 5.17. The molecular weight excluding hydrogens is 210 g/mol. The topological polar surface area (TPSA) is 43.8 Å². The van der Waals surface area contributed by atoms with E-state index >= 15 is 0 Å². The summed E-state index contributed by atoms with van der Waals surface area (Å²) in [6.45, 7) is 0.882. The highest BCUT2D eigenvalue weighted by atomic mass is 15.1. The van der Waals surface area contributed by atoms with Gasteiger partial charge in [-0.2, -0.15) is 0 Å². The molecule has 1 heterocycles. The predicted octanol–water partition coefficient (Wildman–Crippen LogP) is 2.55. The van der Waals surface area contributed by atoms with Crippen LogP contribution in [-0.4, -0.2) is 15.6 Å². The highest BCUT2D eigenvalue weighted by molar-refractivity contribution is 5.74. The van der Waals surface area contributed by atoms with Crippen LogP contribution in [0.25, 0.3) is 11.0 Å². The van der Waals surface area contributed by atoms with E-state index in [0.717, 1.165) is 24.4 Å². The number of rotatable bonds is 5. The van der Waals surface area contributed by atoms with Gasteiger partial charge in [-0.1, -0.05) is 25.0 Å². The van der Waals surface area contributed by atoms with Crippen molar-refractivity contribution in [2.75, 3.05) is 0 Å². The first-order valence-corrected chi connectivity index (χ1v) is 6.48. The molecule has 0 amide bonds. The molecule has 3 nitrogen and oxygen atoms in total. The van der Waals surface area contributed by atoms with Crippen LogP contribution in [0.5, 0.6) is 0 Å². The number of imidazole rings is 1. The van der Waals surface area contributed by atoms with Crippen molar-refractivity contribution in [1.82, 2.24) is 9.55 Å². The number of hydrogen-bond acceptors (Lipinski definition) is 2. The SMILES string of the molecule is NC(CCC1CC1)Cn1cnc2ccccc21. The fourth-order valence-electron chi connectivity index (χ4n) is 2.36. The number of para-hydroxylation sites is 2. The molecule has 1 aliphatic carbocycles. The molecule has 3 heteroatoms. The highest BCUT2D eigenvalue weighted by Gasteiger charge is 2.21. The number of benzene rings is 1. The van der Waals surface area contributed by atoms with E-state index in [2.05, 4.69) is 21.7 Å². The first-order valence-electron chi connectivity index (χ1n) is 6.48. The van der Waals surface area contributed by atoms with E-state index in [1.165, 1.54) is 24.8 Å². The predicted molar refractivity (Wildman–Crippen MR) is 69.7 cm³/mol. The van der Waals surface area contributed by atoms with Crippen LogP contribution in [0.15, 0.2) is 30.6 Å². The van der Waals surface area contributed by atoms with Crippen molar-refractivity contribution in [2.24, 2.45) is 11.7 Å². The lowest BCUT2D eigenvalue weighted by atomic mass is 10.1. The van der Waals surface area contributed by atoms with E-state index in [1.807, 2.05) is 18.5 Å². The summed E-state index contributed by atoms with van der Waals surface area (Å²) in [4.78, 5) is 4.39. The molecule has 17 heavy (non-hydrogen) atoms. The maximum atomic E-state index is 6.18. The van der Waals surface area contributed by atoms with Crippen LogP contribution in [0.3, 0.4) is 0 Å². The van der Waals surface area contributed by atoms with Gasteiger partial charge < -0.3 is 10.3 Å². The standard InChI is InChI=1S/C14H19N3/c15-12(8-7-11-5-6-11)9-17-10-16-13-3-1-2-4-14(13)17/h1-4,10-12H,5-9,15H2. The van der Waals surface area contributed by atoms with E-state index in [9.17, 15) is 0 Å². The smallest absolute Gasteiger partial charge is 0.0958 e. The monoisotopic (exact) mass is 229 g/mol. The van der Waals surface area contributed by atoms with E-state index < -0.39 is 0 Å². The molecule has 1 aliphatic rings. The van der Waals surface area contributed by atoms with Crippen molar-refractivity contribution in [3.8, 4) is 0 Å². The Balaban J connectivity index is 1.66. The van der Waals surface area contributed by atoms with Crippen LogP contribution in [0, 0.1) is 5.92 Å². The minimum Gasteiger partial charge on any atom is -0.329 e. The Kier molecular flexibility index (Phi) is 2.85. The summed E-state index contributed by atoms with van der Waals surface area (Å²) in [5, 5.41) is 0. The summed E-state index contributed by atoms with van der Waals surface area (Å²) < 4.78 is 2.17. The molecule has 0 aliphatic heterocycles. The summed E-state index contributed by atoms with van der Waals surface area (Å²) in [5.74, 6) is 0.973. The Hall–Kier alpha value is -1.35. The van der Waals surface area contributed by atoms with Gasteiger partial charge in [0.25, 0.3) is 0 Å². The maximum Gasteiger partial charge on any atom is 0.0958 e. The first-order chi connectivity index (χ1) is 8.33. The van der Waals surface area contributed by atoms with Gasteiger partial charge in [0.15, 0.2) is 0 Å². The first kappa shape index (κ1) is 10.8. The third-order valence-corrected chi connectivity index (χ3v) is 3.60. The molecule has 1 unspecified atom stereocenters. The number of aromatic nitrogens is 2. The number of fused-ring (bicyclic) bond motifs is 1. The van der Waals surface area contributed by atoms with Crippen LogP contribution in [0.4, 0.5) is 0 Å². The molecule has 0 radical (unpaired) electrons. The maximum absolute atomic E-state index is 6.18. The van der Waals surface area contributed by atoms with E-state index in [1.54, 1.807) is 0 Å². The van der Waals surface area contributed by atoms with Crippen molar-refractivity contribution in [3.05, 3.63) is 30.6 Å². The lowest BCUT2D eigenvalue weighted by molar-refractivity contribution is 0.494. The van der Waals surface area contributed by atoms with Crippen molar-refractivity contribution in [1.29, 1.82) is 0 Å². The summed E-state index contributed by atoms with van der Waals surface area (Å²) >= 11 is 0. The highest BCUT2D eigenvalue weighted by Crippen LogP contribution is 2.33. The Labute approximate surface area is 102 Å². The van der Waals surface area contributed by atoms with Crippen LogP contribution in [0.2, 0.25) is 0 Å². The fourth-order valence-corrected chi connectivity index (χ4v) is 2.36. The quantitative estimate of drug-likeness (QED) is 0.856. The van der Waals surface area contributed by atoms with Crippen LogP contribution in [-0.2, 0) is 6.54 Å². The number of hydrogen-bond donors (Lipinski definition) is 1. The molecule has 0 spiro atoms. The summed E-state index contributed by atoms with van der Waals surface area (Å²) in [5.41, 5.74) is 8.43. The van der Waals surface area contributed by atoms with Crippen molar-refractivity contribution in [3.63, 3.8) is 0 Å². The normalized spacial score (nSPS) is 17.5. The molecule has 2 aromatic rings. The summed E-state index contributed by atoms with van der Waals surface area (Å²) in [7, 11) is 0. The largest absolute Gasteiger partial charge is 0.329 e. The van der Waals surface area contributed by atoms with Gasteiger partial charge in [-0.05, 0) is 30.9 Å². The Morgan fingerprint density at radius 1 is 1.35 bits per heavy atom. The molecule has 2 N–H and O–H groups in total. The van der Waals surface area contributed by atoms with Gasteiger partial charge in [0.05, 0.1) is 17.4 Å². The van der Waals surface area contributed by atoms with Crippen molar-refractivity contribution < 1.29 is 0 Å². The third-order valence-electron chi connectivity index (χ3n) is 3.60. The molecule has 1 aromatic carbocycles. The molecule has 1 atom stereocenters. The lowest BCUT2D eigenvalue weighted by Gasteiger charge is -2.12. The average molecular weight is 229 g/mol. The molecule has 0 saturated heterocycles. The van der Waals surface area contributed by atoms with Gasteiger partial charge in [0.2, 0.25) is 0 Å². The third kappa shape index (κ3) is 2.50. The lowest BCUT2D eigenvalue weighted by Crippen LogP contribution is -2.25. The van der Waals surface area contributed by atoms with Crippen molar-refractivity contribution >= 4 is 11.0 Å². The Morgan fingerprint density at radius 3 is 3.00 bits per heavy atom. The minimum atomic E-state index is 0.258. The molecule has 3 rings (SSSR count). The Bertz CT molecular complexity index is 499. The number of nitrogens with zero attached hydrogens (tertiary/aromatic N) is 2.